The van der Waals surface area contributed by atoms with E-state index < -0.39 is 10.0 Å². The van der Waals surface area contributed by atoms with Crippen LogP contribution in [0.25, 0.3) is 0 Å². The number of aryl methyl sites for hydroxylation is 1. The average molecular weight is 321 g/mol. The van der Waals surface area contributed by atoms with Crippen LogP contribution in [0.2, 0.25) is 0 Å². The molecule has 1 atom stereocenters. The third-order valence-electron chi connectivity index (χ3n) is 3.56. The highest BCUT2D eigenvalue weighted by Gasteiger charge is 2.31. The second-order valence-corrected chi connectivity index (χ2v) is 6.71. The molecule has 0 radical (unpaired) electrons. The van der Waals surface area contributed by atoms with Crippen LogP contribution in [-0.4, -0.2) is 46.0 Å². The lowest BCUT2D eigenvalue weighted by Crippen LogP contribution is -2.33. The lowest BCUT2D eigenvalue weighted by molar-refractivity contribution is 0.411. The molecular weight excluding hydrogens is 300 g/mol. The minimum atomic E-state index is -3.39. The molecule has 1 fully saturated rings. The van der Waals surface area contributed by atoms with Crippen LogP contribution in [0.1, 0.15) is 12.0 Å². The maximum atomic E-state index is 12.5. The van der Waals surface area contributed by atoms with Crippen LogP contribution in [0, 0.1) is 6.92 Å². The first-order chi connectivity index (χ1) is 8.98. The molecule has 2 rings (SSSR count). The summed E-state index contributed by atoms with van der Waals surface area (Å²) in [6, 6.07) is 5.22. The highest BCUT2D eigenvalue weighted by atomic mass is 35.5. The lowest BCUT2D eigenvalue weighted by atomic mass is 10.2. The second kappa shape index (κ2) is 6.76. The summed E-state index contributed by atoms with van der Waals surface area (Å²) in [4.78, 5) is 0.336. The molecule has 0 aliphatic carbocycles. The minimum Gasteiger partial charge on any atom is -0.496 e. The maximum absolute atomic E-state index is 12.5. The topological polar surface area (TPSA) is 58.6 Å². The zero-order valence-electron chi connectivity index (χ0n) is 11.9. The summed E-state index contributed by atoms with van der Waals surface area (Å²) >= 11 is 0. The molecule has 1 aliphatic heterocycles. The van der Waals surface area contributed by atoms with Crippen molar-refractivity contribution in [2.24, 2.45) is 0 Å². The Morgan fingerprint density at radius 1 is 1.40 bits per heavy atom. The Bertz CT molecular complexity index is 563. The van der Waals surface area contributed by atoms with Crippen molar-refractivity contribution in [2.75, 3.05) is 27.2 Å². The lowest BCUT2D eigenvalue weighted by Gasteiger charge is -2.17. The van der Waals surface area contributed by atoms with Gasteiger partial charge in [-0.1, -0.05) is 0 Å². The van der Waals surface area contributed by atoms with Gasteiger partial charge in [0.25, 0.3) is 0 Å². The van der Waals surface area contributed by atoms with E-state index in [1.807, 2.05) is 14.0 Å². The Labute approximate surface area is 126 Å². The average Bonchev–Trinajstić information content (AvgIpc) is 2.88. The van der Waals surface area contributed by atoms with E-state index in [0.29, 0.717) is 23.7 Å². The highest BCUT2D eigenvalue weighted by molar-refractivity contribution is 7.89. The zero-order chi connectivity index (χ0) is 14.0. The summed E-state index contributed by atoms with van der Waals surface area (Å²) in [6.45, 7) is 2.95. The monoisotopic (exact) mass is 320 g/mol. The van der Waals surface area contributed by atoms with Gasteiger partial charge in [0, 0.05) is 19.1 Å². The van der Waals surface area contributed by atoms with E-state index in [0.717, 1.165) is 12.0 Å². The molecule has 5 nitrogen and oxygen atoms in total. The van der Waals surface area contributed by atoms with Gasteiger partial charge in [0.15, 0.2) is 0 Å². The molecule has 7 heteroatoms. The molecule has 20 heavy (non-hydrogen) atoms. The quantitative estimate of drug-likeness (QED) is 0.911. The van der Waals surface area contributed by atoms with Crippen LogP contribution >= 0.6 is 12.4 Å². The Balaban J connectivity index is 0.00000200. The summed E-state index contributed by atoms with van der Waals surface area (Å²) in [5.41, 5.74) is 0.827. The fraction of sp³-hybridized carbons (Fsp3) is 0.538. The van der Waals surface area contributed by atoms with Crippen molar-refractivity contribution in [1.29, 1.82) is 0 Å². The first-order valence-electron chi connectivity index (χ1n) is 6.31. The molecule has 114 valence electrons. The SMILES string of the molecule is CNC1CCN(S(=O)(=O)c2ccc(OC)c(C)c2)C1.Cl. The number of rotatable bonds is 4. The van der Waals surface area contributed by atoms with Crippen molar-refractivity contribution < 1.29 is 13.2 Å². The van der Waals surface area contributed by atoms with E-state index in [-0.39, 0.29) is 18.4 Å². The van der Waals surface area contributed by atoms with Gasteiger partial charge in [0.2, 0.25) is 10.0 Å². The Morgan fingerprint density at radius 3 is 2.60 bits per heavy atom. The van der Waals surface area contributed by atoms with Crippen LogP contribution in [0.4, 0.5) is 0 Å². The number of halogens is 1. The molecule has 1 saturated heterocycles. The Kier molecular flexibility index (Phi) is 5.82. The van der Waals surface area contributed by atoms with Crippen molar-refractivity contribution in [3.05, 3.63) is 23.8 Å². The molecule has 1 aromatic carbocycles. The molecule has 1 aromatic rings. The number of ether oxygens (including phenoxy) is 1. The number of hydrogen-bond donors (Lipinski definition) is 1. The Morgan fingerprint density at radius 2 is 2.10 bits per heavy atom. The van der Waals surface area contributed by atoms with Crippen LogP contribution in [0.3, 0.4) is 0 Å². The minimum absolute atomic E-state index is 0. The van der Waals surface area contributed by atoms with E-state index >= 15 is 0 Å². The van der Waals surface area contributed by atoms with Gasteiger partial charge in [0.1, 0.15) is 5.75 Å². The van der Waals surface area contributed by atoms with Gasteiger partial charge < -0.3 is 10.1 Å². The van der Waals surface area contributed by atoms with E-state index in [2.05, 4.69) is 5.32 Å². The van der Waals surface area contributed by atoms with Gasteiger partial charge in [-0.3, -0.25) is 0 Å². The summed E-state index contributed by atoms with van der Waals surface area (Å²) in [6.07, 6.45) is 0.852. The van der Waals surface area contributed by atoms with Crippen molar-refractivity contribution in [3.8, 4) is 5.75 Å². The van der Waals surface area contributed by atoms with Crippen LogP contribution in [0.15, 0.2) is 23.1 Å². The molecule has 0 aromatic heterocycles. The zero-order valence-corrected chi connectivity index (χ0v) is 13.6. The summed E-state index contributed by atoms with van der Waals surface area (Å²) < 4.78 is 31.7. The van der Waals surface area contributed by atoms with Crippen LogP contribution in [0.5, 0.6) is 5.75 Å². The number of methoxy groups -OCH3 is 1. The van der Waals surface area contributed by atoms with Gasteiger partial charge in [-0.2, -0.15) is 4.31 Å². The molecule has 0 amide bonds. The molecule has 0 bridgehead atoms. The van der Waals surface area contributed by atoms with E-state index in [1.165, 1.54) is 4.31 Å². The van der Waals surface area contributed by atoms with Crippen molar-refractivity contribution >= 4 is 22.4 Å². The molecule has 1 N–H and O–H groups in total. The summed E-state index contributed by atoms with van der Waals surface area (Å²) in [7, 11) is 0.0459. The Hall–Kier alpha value is -0.820. The summed E-state index contributed by atoms with van der Waals surface area (Å²) in [5.74, 6) is 0.702. The van der Waals surface area contributed by atoms with Gasteiger partial charge >= 0.3 is 0 Å². The predicted octanol–water partition coefficient (Wildman–Crippen LogP) is 1.41. The molecule has 1 aliphatic rings. The molecule has 0 spiro atoms. The van der Waals surface area contributed by atoms with Gasteiger partial charge in [0.05, 0.1) is 12.0 Å². The molecule has 1 unspecified atom stereocenters. The fourth-order valence-corrected chi connectivity index (χ4v) is 3.93. The number of benzene rings is 1. The number of hydrogen-bond acceptors (Lipinski definition) is 4. The second-order valence-electron chi connectivity index (χ2n) is 4.77. The number of nitrogens with zero attached hydrogens (tertiary/aromatic N) is 1. The number of likely N-dealkylation sites (N-methyl/N-ethyl adjacent to an activating group) is 1. The number of sulfonamides is 1. The van der Waals surface area contributed by atoms with Crippen molar-refractivity contribution in [1.82, 2.24) is 9.62 Å². The number of nitrogens with one attached hydrogen (secondary N) is 1. The van der Waals surface area contributed by atoms with Gasteiger partial charge in [-0.05, 0) is 44.2 Å². The van der Waals surface area contributed by atoms with E-state index in [4.69, 9.17) is 4.74 Å². The maximum Gasteiger partial charge on any atom is 0.243 e. The van der Waals surface area contributed by atoms with Crippen LogP contribution in [-0.2, 0) is 10.0 Å². The standard InChI is InChI=1S/C13H20N2O3S.ClH/c1-10-8-12(4-5-13(10)18-3)19(16,17)15-7-6-11(9-15)14-2;/h4-5,8,11,14H,6-7,9H2,1-3H3;1H. The normalized spacial score (nSPS) is 19.6. The van der Waals surface area contributed by atoms with E-state index in [1.54, 1.807) is 25.3 Å². The fourth-order valence-electron chi connectivity index (χ4n) is 2.34. The largest absolute Gasteiger partial charge is 0.496 e. The molecule has 0 saturated carbocycles. The van der Waals surface area contributed by atoms with Gasteiger partial charge in [-0.25, -0.2) is 8.42 Å². The predicted molar refractivity (Wildman–Crippen MR) is 81.2 cm³/mol. The van der Waals surface area contributed by atoms with Crippen LogP contribution < -0.4 is 10.1 Å². The first kappa shape index (κ1) is 17.2. The highest BCUT2D eigenvalue weighted by Crippen LogP contribution is 2.25. The smallest absolute Gasteiger partial charge is 0.243 e. The summed E-state index contributed by atoms with van der Waals surface area (Å²) in [5, 5.41) is 3.12. The first-order valence-corrected chi connectivity index (χ1v) is 7.75. The third kappa shape index (κ3) is 3.25. The third-order valence-corrected chi connectivity index (χ3v) is 5.42. The van der Waals surface area contributed by atoms with E-state index in [9.17, 15) is 8.42 Å². The molecule has 1 heterocycles. The van der Waals surface area contributed by atoms with Crippen molar-refractivity contribution in [2.45, 2.75) is 24.3 Å². The van der Waals surface area contributed by atoms with Crippen molar-refractivity contribution in [3.63, 3.8) is 0 Å². The molecular formula is C13H21ClN2O3S. The van der Waals surface area contributed by atoms with Gasteiger partial charge in [-0.15, -0.1) is 12.4 Å².